The van der Waals surface area contributed by atoms with E-state index in [1.807, 2.05) is 0 Å². The fraction of sp³-hybridized carbons (Fsp3) is 0.455. The molecule has 110 valence electrons. The van der Waals surface area contributed by atoms with Crippen molar-refractivity contribution in [3.63, 3.8) is 0 Å². The van der Waals surface area contributed by atoms with Gasteiger partial charge in [-0.2, -0.15) is 4.31 Å². The third-order valence-corrected chi connectivity index (χ3v) is 5.17. The molecule has 0 amide bonds. The minimum atomic E-state index is -3.89. The molecule has 1 aromatic carbocycles. The van der Waals surface area contributed by atoms with E-state index in [9.17, 15) is 23.6 Å². The number of nitro benzene ring substituents is 1. The van der Waals surface area contributed by atoms with Gasteiger partial charge in [-0.15, -0.1) is 0 Å². The highest BCUT2D eigenvalue weighted by Crippen LogP contribution is 2.31. The number of nitrogens with zero attached hydrogens (tertiary/aromatic N) is 2. The molecule has 0 radical (unpaired) electrons. The van der Waals surface area contributed by atoms with Crippen LogP contribution in [0.3, 0.4) is 0 Å². The van der Waals surface area contributed by atoms with Gasteiger partial charge in [-0.1, -0.05) is 0 Å². The fourth-order valence-corrected chi connectivity index (χ4v) is 3.78. The lowest BCUT2D eigenvalue weighted by Gasteiger charge is -2.31. The van der Waals surface area contributed by atoms with Crippen LogP contribution in [0.25, 0.3) is 0 Å². The van der Waals surface area contributed by atoms with Crippen LogP contribution < -0.4 is 5.73 Å². The summed E-state index contributed by atoms with van der Waals surface area (Å²) < 4.78 is 26.0. The number of hydrogen-bond donors (Lipinski definition) is 2. The van der Waals surface area contributed by atoms with Crippen LogP contribution >= 0.6 is 0 Å². The minimum Gasteiger partial charge on any atom is -0.502 e. The van der Waals surface area contributed by atoms with Gasteiger partial charge in [0.15, 0.2) is 5.75 Å². The molecule has 0 bridgehead atoms. The van der Waals surface area contributed by atoms with Crippen LogP contribution in [-0.2, 0) is 10.0 Å². The summed E-state index contributed by atoms with van der Waals surface area (Å²) in [7, 11) is -3.89. The van der Waals surface area contributed by atoms with Crippen molar-refractivity contribution in [2.75, 3.05) is 6.54 Å². The first-order chi connectivity index (χ1) is 9.34. The number of phenols is 1. The molecule has 1 heterocycles. The number of rotatable bonds is 3. The fourth-order valence-electron chi connectivity index (χ4n) is 2.17. The summed E-state index contributed by atoms with van der Waals surface area (Å²) in [6, 6.07) is 2.99. The smallest absolute Gasteiger partial charge is 0.312 e. The lowest BCUT2D eigenvalue weighted by molar-refractivity contribution is -0.386. The molecule has 1 saturated heterocycles. The second kappa shape index (κ2) is 5.35. The molecule has 1 atom stereocenters. The molecule has 2 rings (SSSR count). The number of aromatic hydroxyl groups is 1. The van der Waals surface area contributed by atoms with Gasteiger partial charge in [-0.25, -0.2) is 8.42 Å². The van der Waals surface area contributed by atoms with Crippen LogP contribution in [0.4, 0.5) is 5.69 Å². The van der Waals surface area contributed by atoms with Gasteiger partial charge in [0.05, 0.1) is 16.0 Å². The highest BCUT2D eigenvalue weighted by atomic mass is 32.2. The molecule has 1 unspecified atom stereocenters. The monoisotopic (exact) mass is 301 g/mol. The van der Waals surface area contributed by atoms with E-state index in [1.165, 1.54) is 0 Å². The molecular formula is C11H15N3O5S. The lowest BCUT2D eigenvalue weighted by atomic mass is 10.1. The Labute approximate surface area is 116 Å². The van der Waals surface area contributed by atoms with Gasteiger partial charge >= 0.3 is 5.69 Å². The van der Waals surface area contributed by atoms with Crippen molar-refractivity contribution in [1.82, 2.24) is 4.31 Å². The third kappa shape index (κ3) is 2.60. The van der Waals surface area contributed by atoms with Gasteiger partial charge in [0.1, 0.15) is 0 Å². The Kier molecular flexibility index (Phi) is 3.93. The average Bonchev–Trinajstić information content (AvgIpc) is 2.38. The van der Waals surface area contributed by atoms with Crippen molar-refractivity contribution < 1.29 is 18.4 Å². The summed E-state index contributed by atoms with van der Waals surface area (Å²) >= 11 is 0. The Hall–Kier alpha value is -1.71. The molecule has 1 aliphatic rings. The van der Waals surface area contributed by atoms with Crippen molar-refractivity contribution in [1.29, 1.82) is 0 Å². The molecule has 8 nitrogen and oxygen atoms in total. The summed E-state index contributed by atoms with van der Waals surface area (Å²) in [5.41, 5.74) is 5.15. The summed E-state index contributed by atoms with van der Waals surface area (Å²) in [6.45, 7) is 0.290. The van der Waals surface area contributed by atoms with Crippen LogP contribution in [-0.4, -0.2) is 35.5 Å². The van der Waals surface area contributed by atoms with Gasteiger partial charge in [0, 0.05) is 12.6 Å². The van der Waals surface area contributed by atoms with Gasteiger partial charge in [0.25, 0.3) is 0 Å². The molecule has 0 saturated carbocycles. The Morgan fingerprint density at radius 3 is 2.70 bits per heavy atom. The normalized spacial score (nSPS) is 20.8. The summed E-state index contributed by atoms with van der Waals surface area (Å²) in [6.07, 6.45) is 1.48. The van der Waals surface area contributed by atoms with E-state index < -0.39 is 32.5 Å². The molecule has 1 aromatic rings. The molecule has 9 heteroatoms. The van der Waals surface area contributed by atoms with E-state index in [4.69, 9.17) is 5.73 Å². The summed E-state index contributed by atoms with van der Waals surface area (Å²) in [5, 5.41) is 20.1. The maximum atomic E-state index is 12.4. The second-order valence-corrected chi connectivity index (χ2v) is 6.48. The van der Waals surface area contributed by atoms with Crippen LogP contribution in [0.15, 0.2) is 23.1 Å². The topological polar surface area (TPSA) is 127 Å². The maximum Gasteiger partial charge on any atom is 0.312 e. The van der Waals surface area contributed by atoms with E-state index in [-0.39, 0.29) is 11.4 Å². The summed E-state index contributed by atoms with van der Waals surface area (Å²) in [4.78, 5) is 9.69. The molecule has 0 aromatic heterocycles. The van der Waals surface area contributed by atoms with Crippen LogP contribution in [0, 0.1) is 10.1 Å². The molecular weight excluding hydrogens is 286 g/mol. The zero-order valence-corrected chi connectivity index (χ0v) is 11.4. The Morgan fingerprint density at radius 2 is 2.10 bits per heavy atom. The van der Waals surface area contributed by atoms with Crippen LogP contribution in [0.1, 0.15) is 19.3 Å². The summed E-state index contributed by atoms with van der Waals surface area (Å²) in [5.74, 6) is -0.572. The molecule has 20 heavy (non-hydrogen) atoms. The second-order valence-electron chi connectivity index (χ2n) is 4.59. The molecule has 0 aliphatic carbocycles. The number of piperidine rings is 1. The van der Waals surface area contributed by atoms with Crippen LogP contribution in [0.2, 0.25) is 0 Å². The van der Waals surface area contributed by atoms with Crippen molar-refractivity contribution in [3.8, 4) is 5.75 Å². The molecule has 1 aliphatic heterocycles. The zero-order valence-electron chi connectivity index (χ0n) is 10.6. The van der Waals surface area contributed by atoms with E-state index >= 15 is 0 Å². The SMILES string of the molecule is NC1CCCCN1S(=O)(=O)c1ccc(O)c([N+](=O)[O-])c1. The van der Waals surface area contributed by atoms with Crippen molar-refractivity contribution in [3.05, 3.63) is 28.3 Å². The van der Waals surface area contributed by atoms with E-state index in [1.54, 1.807) is 0 Å². The van der Waals surface area contributed by atoms with Crippen molar-refractivity contribution in [2.24, 2.45) is 5.73 Å². The highest BCUT2D eigenvalue weighted by molar-refractivity contribution is 7.89. The number of nitro groups is 1. The standard InChI is InChI=1S/C11H15N3O5S/c12-11-3-1-2-6-13(11)20(18,19)8-4-5-10(15)9(7-8)14(16)17/h4-5,7,11,15H,1-3,6,12H2. The number of nitrogens with two attached hydrogens (primary N) is 1. The average molecular weight is 301 g/mol. The molecule has 0 spiro atoms. The Morgan fingerprint density at radius 1 is 1.40 bits per heavy atom. The number of phenolic OH excluding ortho intramolecular Hbond substituents is 1. The highest BCUT2D eigenvalue weighted by Gasteiger charge is 2.32. The van der Waals surface area contributed by atoms with Crippen molar-refractivity contribution in [2.45, 2.75) is 30.3 Å². The van der Waals surface area contributed by atoms with E-state index in [2.05, 4.69) is 0 Å². The van der Waals surface area contributed by atoms with Gasteiger partial charge in [-0.05, 0) is 31.4 Å². The van der Waals surface area contributed by atoms with E-state index in [0.29, 0.717) is 12.8 Å². The Balaban J connectivity index is 2.44. The largest absolute Gasteiger partial charge is 0.502 e. The quantitative estimate of drug-likeness (QED) is 0.626. The predicted octanol–water partition coefficient (Wildman–Crippen LogP) is 0.760. The maximum absolute atomic E-state index is 12.4. The number of hydrogen-bond acceptors (Lipinski definition) is 6. The molecule has 3 N–H and O–H groups in total. The van der Waals surface area contributed by atoms with Crippen molar-refractivity contribution >= 4 is 15.7 Å². The van der Waals surface area contributed by atoms with Crippen LogP contribution in [0.5, 0.6) is 5.75 Å². The van der Waals surface area contributed by atoms with E-state index in [0.717, 1.165) is 28.9 Å². The van der Waals surface area contributed by atoms with Gasteiger partial charge < -0.3 is 10.8 Å². The zero-order chi connectivity index (χ0) is 14.9. The first kappa shape index (κ1) is 14.7. The number of sulfonamides is 1. The predicted molar refractivity (Wildman–Crippen MR) is 70.5 cm³/mol. The first-order valence-electron chi connectivity index (χ1n) is 6.09. The third-order valence-electron chi connectivity index (χ3n) is 3.25. The van der Waals surface area contributed by atoms with Gasteiger partial charge in [0.2, 0.25) is 10.0 Å². The Bertz CT molecular complexity index is 631. The molecule has 1 fully saturated rings. The minimum absolute atomic E-state index is 0.237. The number of benzene rings is 1. The van der Waals surface area contributed by atoms with Gasteiger partial charge in [-0.3, -0.25) is 10.1 Å². The first-order valence-corrected chi connectivity index (χ1v) is 7.53. The lowest BCUT2D eigenvalue weighted by Crippen LogP contribution is -2.48.